The minimum absolute atomic E-state index is 0.178. The van der Waals surface area contributed by atoms with Gasteiger partial charge >= 0.3 is 6.18 Å². The van der Waals surface area contributed by atoms with E-state index in [2.05, 4.69) is 0 Å². The van der Waals surface area contributed by atoms with Gasteiger partial charge in [-0.2, -0.15) is 17.5 Å². The lowest BCUT2D eigenvalue weighted by atomic mass is 9.92. The summed E-state index contributed by atoms with van der Waals surface area (Å²) < 4.78 is 63.6. The Morgan fingerprint density at radius 3 is 2.32 bits per heavy atom. The first-order chi connectivity index (χ1) is 13.1. The number of hydrogen-bond donors (Lipinski definition) is 1. The Hall–Kier alpha value is -1.65. The summed E-state index contributed by atoms with van der Waals surface area (Å²) in [5, 5.41) is 1.83. The van der Waals surface area contributed by atoms with E-state index in [-0.39, 0.29) is 24.5 Å². The molecular formula is C18H24F3N3O3S. The van der Waals surface area contributed by atoms with Crippen LogP contribution in [0.25, 0.3) is 0 Å². The van der Waals surface area contributed by atoms with Crippen molar-refractivity contribution in [3.63, 3.8) is 0 Å². The Labute approximate surface area is 162 Å². The molecule has 0 saturated carbocycles. The van der Waals surface area contributed by atoms with Crippen molar-refractivity contribution >= 4 is 15.9 Å². The second kappa shape index (κ2) is 8.38. The Morgan fingerprint density at radius 2 is 1.68 bits per heavy atom. The molecule has 1 N–H and O–H groups in total. The number of alkyl halides is 3. The molecule has 1 aromatic rings. The van der Waals surface area contributed by atoms with Gasteiger partial charge in [-0.25, -0.2) is 8.42 Å². The molecule has 28 heavy (non-hydrogen) atoms. The van der Waals surface area contributed by atoms with E-state index in [1.165, 1.54) is 9.87 Å². The normalized spacial score (nSPS) is 19.2. The third kappa shape index (κ3) is 5.24. The van der Waals surface area contributed by atoms with Crippen LogP contribution in [-0.2, 0) is 27.7 Å². The van der Waals surface area contributed by atoms with Gasteiger partial charge in [-0.1, -0.05) is 6.07 Å². The summed E-state index contributed by atoms with van der Waals surface area (Å²) in [5.74, 6) is -0.719. The summed E-state index contributed by atoms with van der Waals surface area (Å²) >= 11 is 0. The van der Waals surface area contributed by atoms with Crippen molar-refractivity contribution in [3.05, 3.63) is 29.3 Å². The molecule has 0 bridgehead atoms. The third-order valence-electron chi connectivity index (χ3n) is 5.14. The molecule has 1 aliphatic carbocycles. The van der Waals surface area contributed by atoms with Crippen LogP contribution in [0.15, 0.2) is 23.1 Å². The lowest BCUT2D eigenvalue weighted by Crippen LogP contribution is -2.51. The zero-order valence-electron chi connectivity index (χ0n) is 15.5. The highest BCUT2D eigenvalue weighted by atomic mass is 32.2. The van der Waals surface area contributed by atoms with Crippen molar-refractivity contribution in [2.24, 2.45) is 0 Å². The van der Waals surface area contributed by atoms with Gasteiger partial charge in [0.25, 0.3) is 0 Å². The van der Waals surface area contributed by atoms with E-state index >= 15 is 0 Å². The monoisotopic (exact) mass is 419 g/mol. The van der Waals surface area contributed by atoms with Crippen molar-refractivity contribution in [1.82, 2.24) is 14.5 Å². The van der Waals surface area contributed by atoms with Crippen LogP contribution in [0.1, 0.15) is 24.0 Å². The summed E-state index contributed by atoms with van der Waals surface area (Å²) in [5.41, 5.74) is 2.30. The van der Waals surface area contributed by atoms with Crippen LogP contribution in [-0.4, -0.2) is 69.0 Å². The van der Waals surface area contributed by atoms with Crippen molar-refractivity contribution < 1.29 is 26.4 Å². The zero-order chi connectivity index (χ0) is 20.4. The minimum atomic E-state index is -4.45. The molecule has 0 spiro atoms. The summed E-state index contributed by atoms with van der Waals surface area (Å²) in [6, 6.07) is 5.31. The average molecular weight is 419 g/mol. The molecule has 1 aliphatic heterocycles. The number of carbonyl (C=O) groups is 1. The first kappa shape index (κ1) is 21.1. The lowest BCUT2D eigenvalue weighted by molar-refractivity contribution is -0.139. The largest absolute Gasteiger partial charge is 0.405 e. The molecule has 0 atom stereocenters. The summed E-state index contributed by atoms with van der Waals surface area (Å²) in [6.07, 6.45) is -0.398. The lowest BCUT2D eigenvalue weighted by Gasteiger charge is -2.33. The minimum Gasteiger partial charge on any atom is -0.346 e. The number of sulfonamides is 1. The van der Waals surface area contributed by atoms with Crippen LogP contribution in [0.4, 0.5) is 13.2 Å². The summed E-state index contributed by atoms with van der Waals surface area (Å²) in [7, 11) is -3.62. The van der Waals surface area contributed by atoms with Gasteiger partial charge in [0.2, 0.25) is 15.9 Å². The molecule has 2 aliphatic rings. The summed E-state index contributed by atoms with van der Waals surface area (Å²) in [6.45, 7) is -0.549. The molecule has 1 heterocycles. The van der Waals surface area contributed by atoms with Crippen LogP contribution < -0.4 is 5.32 Å². The molecule has 1 amide bonds. The maximum absolute atomic E-state index is 12.9. The van der Waals surface area contributed by atoms with Crippen LogP contribution in [0, 0.1) is 0 Å². The fraction of sp³-hybridized carbons (Fsp3) is 0.611. The smallest absolute Gasteiger partial charge is 0.346 e. The van der Waals surface area contributed by atoms with E-state index in [0.717, 1.165) is 31.2 Å². The highest BCUT2D eigenvalue weighted by molar-refractivity contribution is 7.89. The quantitative estimate of drug-likeness (QED) is 0.786. The SMILES string of the molecule is O=C(CN1CCN(S(=O)(=O)c2ccc3c(c2)CCCC3)CC1)NCC(F)(F)F. The predicted octanol–water partition coefficient (Wildman–Crippen LogP) is 1.55. The Balaban J connectivity index is 1.56. The maximum atomic E-state index is 12.9. The Morgan fingerprint density at radius 1 is 1.04 bits per heavy atom. The number of aryl methyl sites for hydroxylation is 2. The van der Waals surface area contributed by atoms with Gasteiger partial charge in [0.05, 0.1) is 11.4 Å². The highest BCUT2D eigenvalue weighted by Crippen LogP contribution is 2.26. The number of hydrogen-bond acceptors (Lipinski definition) is 4. The van der Waals surface area contributed by atoms with E-state index < -0.39 is 28.7 Å². The standard InChI is InChI=1S/C18H24F3N3O3S/c19-18(20,21)13-22-17(25)12-23-7-9-24(10-8-23)28(26,27)16-6-5-14-3-1-2-4-15(14)11-16/h5-6,11H,1-4,7-10,12-13H2,(H,22,25). The number of carbonyl (C=O) groups excluding carboxylic acids is 1. The van der Waals surface area contributed by atoms with Crippen LogP contribution >= 0.6 is 0 Å². The Kier molecular flexibility index (Phi) is 6.31. The maximum Gasteiger partial charge on any atom is 0.405 e. The molecule has 3 rings (SSSR count). The average Bonchev–Trinajstić information content (AvgIpc) is 2.66. The molecule has 10 heteroatoms. The fourth-order valence-electron chi connectivity index (χ4n) is 3.61. The van der Waals surface area contributed by atoms with Crippen LogP contribution in [0.5, 0.6) is 0 Å². The molecule has 0 unspecified atom stereocenters. The number of rotatable bonds is 5. The first-order valence-corrected chi connectivity index (χ1v) is 10.8. The number of nitrogens with one attached hydrogen (secondary N) is 1. The van der Waals surface area contributed by atoms with Gasteiger partial charge < -0.3 is 5.32 Å². The van der Waals surface area contributed by atoms with Crippen LogP contribution in [0.3, 0.4) is 0 Å². The second-order valence-electron chi connectivity index (χ2n) is 7.21. The molecule has 0 radical (unpaired) electrons. The van der Waals surface area contributed by atoms with Gasteiger partial charge in [0, 0.05) is 26.2 Å². The molecule has 1 aromatic carbocycles. The number of nitrogens with zero attached hydrogens (tertiary/aromatic N) is 2. The number of amides is 1. The number of fused-ring (bicyclic) bond motifs is 1. The number of benzene rings is 1. The predicted molar refractivity (Wildman–Crippen MR) is 97.3 cm³/mol. The van der Waals surface area contributed by atoms with Crippen LogP contribution in [0.2, 0.25) is 0 Å². The van der Waals surface area contributed by atoms with E-state index in [9.17, 15) is 26.4 Å². The molecule has 1 fully saturated rings. The van der Waals surface area contributed by atoms with Crippen molar-refractivity contribution in [1.29, 1.82) is 0 Å². The fourth-order valence-corrected chi connectivity index (χ4v) is 5.08. The number of halogens is 3. The number of piperazine rings is 1. The van der Waals surface area contributed by atoms with Gasteiger partial charge in [-0.3, -0.25) is 9.69 Å². The Bertz CT molecular complexity index is 819. The van der Waals surface area contributed by atoms with Gasteiger partial charge in [-0.05, 0) is 48.9 Å². The van der Waals surface area contributed by atoms with E-state index in [1.54, 1.807) is 17.0 Å². The van der Waals surface area contributed by atoms with Crippen molar-refractivity contribution in [3.8, 4) is 0 Å². The topological polar surface area (TPSA) is 69.7 Å². The highest BCUT2D eigenvalue weighted by Gasteiger charge is 2.31. The first-order valence-electron chi connectivity index (χ1n) is 9.33. The van der Waals surface area contributed by atoms with Crippen molar-refractivity contribution in [2.75, 3.05) is 39.3 Å². The van der Waals surface area contributed by atoms with Gasteiger partial charge in [0.15, 0.2) is 0 Å². The van der Waals surface area contributed by atoms with E-state index in [4.69, 9.17) is 0 Å². The van der Waals surface area contributed by atoms with Gasteiger partial charge in [-0.15, -0.1) is 0 Å². The van der Waals surface area contributed by atoms with E-state index in [1.807, 2.05) is 11.4 Å². The summed E-state index contributed by atoms with van der Waals surface area (Å²) in [4.78, 5) is 13.5. The van der Waals surface area contributed by atoms with E-state index in [0.29, 0.717) is 13.1 Å². The van der Waals surface area contributed by atoms with Crippen molar-refractivity contribution in [2.45, 2.75) is 36.8 Å². The molecule has 0 aromatic heterocycles. The molecule has 1 saturated heterocycles. The molecule has 156 valence electrons. The van der Waals surface area contributed by atoms with Gasteiger partial charge in [0.1, 0.15) is 6.54 Å². The zero-order valence-corrected chi connectivity index (χ0v) is 16.3. The third-order valence-corrected chi connectivity index (χ3v) is 7.04. The second-order valence-corrected chi connectivity index (χ2v) is 9.15. The molecule has 6 nitrogen and oxygen atoms in total. The molecular weight excluding hydrogens is 395 g/mol.